The predicted octanol–water partition coefficient (Wildman–Crippen LogP) is -0.249. The van der Waals surface area contributed by atoms with Crippen LogP contribution in [0.4, 0.5) is 11.4 Å². The van der Waals surface area contributed by atoms with E-state index in [4.69, 9.17) is 11.0 Å². The highest BCUT2D eigenvalue weighted by Gasteiger charge is 2.06. The highest BCUT2D eigenvalue weighted by atomic mass is 32.1. The molecule has 10 nitrogen and oxygen atoms in total. The number of esters is 1. The topological polar surface area (TPSA) is 156 Å². The molecule has 11 heteroatoms. The van der Waals surface area contributed by atoms with Crippen LogP contribution in [0.15, 0.2) is 40.8 Å². The number of hydrogen-bond acceptors (Lipinski definition) is 8. The summed E-state index contributed by atoms with van der Waals surface area (Å²) < 4.78 is 6.49. The van der Waals surface area contributed by atoms with Gasteiger partial charge in [-0.25, -0.2) is 0 Å². The number of nitrogens with zero attached hydrogens (tertiary/aromatic N) is 2. The molecule has 1 heterocycles. The normalized spacial score (nSPS) is 9.53. The van der Waals surface area contributed by atoms with Crippen molar-refractivity contribution in [1.82, 2.24) is 4.57 Å². The number of primary amides is 1. The summed E-state index contributed by atoms with van der Waals surface area (Å²) in [4.78, 5) is 46.3. The Morgan fingerprint density at radius 1 is 1.31 bits per heavy atom. The van der Waals surface area contributed by atoms with Crippen molar-refractivity contribution < 1.29 is 19.1 Å². The van der Waals surface area contributed by atoms with Gasteiger partial charge in [0.25, 0.3) is 17.4 Å². The highest BCUT2D eigenvalue weighted by molar-refractivity contribution is 7.07. The van der Waals surface area contributed by atoms with E-state index in [1.54, 1.807) is 37.3 Å². The van der Waals surface area contributed by atoms with Crippen LogP contribution in [0.1, 0.15) is 13.8 Å². The summed E-state index contributed by atoms with van der Waals surface area (Å²) in [6.07, 6.45) is 1.42. The summed E-state index contributed by atoms with van der Waals surface area (Å²) in [5.74, 6) is -1.97. The van der Waals surface area contributed by atoms with Crippen molar-refractivity contribution in [2.75, 3.05) is 17.2 Å². The fourth-order valence-electron chi connectivity index (χ4n) is 2.37. The van der Waals surface area contributed by atoms with Crippen molar-refractivity contribution in [2.24, 2.45) is 5.73 Å². The van der Waals surface area contributed by atoms with Gasteiger partial charge in [-0.1, -0.05) is 28.9 Å². The lowest BCUT2D eigenvalue weighted by atomic mass is 10.2. The van der Waals surface area contributed by atoms with Gasteiger partial charge in [0.1, 0.15) is 15.3 Å². The molecular formula is C21H19N5O5S. The summed E-state index contributed by atoms with van der Waals surface area (Å²) in [6, 6.07) is 8.37. The number of anilines is 2. The van der Waals surface area contributed by atoms with Crippen LogP contribution in [0.3, 0.4) is 0 Å². The Morgan fingerprint density at radius 2 is 2.03 bits per heavy atom. The number of nitriles is 1. The maximum absolute atomic E-state index is 12.5. The third kappa shape index (κ3) is 6.58. The number of amides is 2. The molecule has 0 bridgehead atoms. The van der Waals surface area contributed by atoms with Gasteiger partial charge in [-0.3, -0.25) is 23.7 Å². The van der Waals surface area contributed by atoms with Gasteiger partial charge in [-0.2, -0.15) is 5.26 Å². The lowest BCUT2D eigenvalue weighted by Gasteiger charge is -2.07. The number of carbonyl (C=O) groups excluding carboxylic acids is 3. The molecule has 2 rings (SSSR count). The molecule has 0 aliphatic carbocycles. The quantitative estimate of drug-likeness (QED) is 0.296. The fourth-order valence-corrected chi connectivity index (χ4v) is 3.35. The molecule has 1 aromatic heterocycles. The largest absolute Gasteiger partial charge is 0.456 e. The first-order valence-corrected chi connectivity index (χ1v) is 10.0. The van der Waals surface area contributed by atoms with E-state index in [0.29, 0.717) is 17.9 Å². The second-order valence-electron chi connectivity index (χ2n) is 6.10. The van der Waals surface area contributed by atoms with E-state index in [2.05, 4.69) is 26.8 Å². The van der Waals surface area contributed by atoms with Crippen molar-refractivity contribution >= 4 is 52.0 Å². The van der Waals surface area contributed by atoms with Gasteiger partial charge in [0.15, 0.2) is 12.2 Å². The number of ether oxygens (including phenoxy) is 1. The van der Waals surface area contributed by atoms with Crippen LogP contribution in [0.2, 0.25) is 0 Å². The van der Waals surface area contributed by atoms with Crippen molar-refractivity contribution in [3.05, 3.63) is 55.6 Å². The molecule has 2 aromatic rings. The maximum Gasteiger partial charge on any atom is 0.303 e. The second-order valence-corrected chi connectivity index (χ2v) is 7.10. The van der Waals surface area contributed by atoms with Gasteiger partial charge in [-0.05, 0) is 25.1 Å². The summed E-state index contributed by atoms with van der Waals surface area (Å²) >= 11 is 1.01. The van der Waals surface area contributed by atoms with E-state index < -0.39 is 17.8 Å². The zero-order valence-electron chi connectivity index (χ0n) is 17.2. The Kier molecular flexibility index (Phi) is 8.34. The summed E-state index contributed by atoms with van der Waals surface area (Å²) in [6.45, 7) is 2.86. The Labute approximate surface area is 186 Å². The molecule has 0 unspecified atom stereocenters. The molecule has 0 aliphatic rings. The van der Waals surface area contributed by atoms with Gasteiger partial charge in [0, 0.05) is 31.0 Å². The molecule has 0 radical (unpaired) electrons. The molecule has 4 N–H and O–H groups in total. The lowest BCUT2D eigenvalue weighted by molar-refractivity contribution is -0.144. The average Bonchev–Trinajstić information content (AvgIpc) is 3.04. The van der Waals surface area contributed by atoms with Gasteiger partial charge in [-0.15, -0.1) is 0 Å². The van der Waals surface area contributed by atoms with Gasteiger partial charge >= 0.3 is 5.97 Å². The smallest absolute Gasteiger partial charge is 0.303 e. The maximum atomic E-state index is 12.5. The van der Waals surface area contributed by atoms with Crippen LogP contribution >= 0.6 is 11.3 Å². The van der Waals surface area contributed by atoms with Crippen LogP contribution < -0.4 is 31.1 Å². The molecule has 2 amide bonds. The number of thiazole rings is 1. The first-order valence-electron chi connectivity index (χ1n) is 9.20. The zero-order chi connectivity index (χ0) is 23.7. The minimum Gasteiger partial charge on any atom is -0.456 e. The highest BCUT2D eigenvalue weighted by Crippen LogP contribution is 2.14. The number of nitrogens with one attached hydrogen (secondary N) is 2. The van der Waals surface area contributed by atoms with Crippen LogP contribution in [0.5, 0.6) is 0 Å². The van der Waals surface area contributed by atoms with Crippen molar-refractivity contribution in [2.45, 2.75) is 20.4 Å². The molecule has 0 saturated carbocycles. The Balaban J connectivity index is 2.32. The number of aromatic nitrogens is 1. The Hall–Kier alpha value is -4.35. The predicted molar refractivity (Wildman–Crippen MR) is 119 cm³/mol. The molecule has 0 fully saturated rings. The summed E-state index contributed by atoms with van der Waals surface area (Å²) in [5, 5.41) is 14.5. The molecule has 0 spiro atoms. The van der Waals surface area contributed by atoms with Gasteiger partial charge in [0.2, 0.25) is 0 Å². The number of carbonyl (C=O) groups is 3. The summed E-state index contributed by atoms with van der Waals surface area (Å²) in [7, 11) is 0. The van der Waals surface area contributed by atoms with E-state index in [-0.39, 0.29) is 26.9 Å². The molecule has 0 atom stereocenters. The van der Waals surface area contributed by atoms with Crippen molar-refractivity contribution in [1.29, 1.82) is 5.26 Å². The van der Waals surface area contributed by atoms with E-state index in [0.717, 1.165) is 11.3 Å². The number of nitrogens with two attached hydrogens (primary N) is 1. The van der Waals surface area contributed by atoms with Crippen LogP contribution in [0, 0.1) is 11.3 Å². The third-order valence-electron chi connectivity index (χ3n) is 3.78. The van der Waals surface area contributed by atoms with Gasteiger partial charge in [0.05, 0.1) is 0 Å². The lowest BCUT2D eigenvalue weighted by Crippen LogP contribution is -2.30. The molecule has 164 valence electrons. The first-order chi connectivity index (χ1) is 15.2. The first kappa shape index (κ1) is 23.9. The third-order valence-corrected chi connectivity index (χ3v) is 4.80. The molecule has 1 aromatic carbocycles. The molecule has 32 heavy (non-hydrogen) atoms. The second kappa shape index (κ2) is 11.2. The molecule has 0 saturated heterocycles. The van der Waals surface area contributed by atoms with E-state index in [9.17, 15) is 19.2 Å². The number of benzene rings is 1. The van der Waals surface area contributed by atoms with Crippen molar-refractivity contribution in [3.63, 3.8) is 0 Å². The molecular weight excluding hydrogens is 434 g/mol. The Bertz CT molecular complexity index is 1350. The van der Waals surface area contributed by atoms with Gasteiger partial charge < -0.3 is 21.1 Å². The fraction of sp³-hybridized carbons (Fsp3) is 0.190. The molecule has 0 aliphatic heterocycles. The minimum absolute atomic E-state index is 0.231. The van der Waals surface area contributed by atoms with Crippen LogP contribution in [0.25, 0.3) is 11.5 Å². The van der Waals surface area contributed by atoms with E-state index in [1.165, 1.54) is 17.7 Å². The van der Waals surface area contributed by atoms with E-state index >= 15 is 0 Å². The number of rotatable bonds is 7. The van der Waals surface area contributed by atoms with Crippen LogP contribution in [-0.4, -0.2) is 29.0 Å². The standard InChI is InChI=1S/C21H19N5O5S/c1-3-26-19(9-14(11-22)20(23)29)32-17(21(26)30)7-8-24-15-5-4-6-16(10-15)25-18(28)12-31-13(2)27/h4-6,8,10,24H,3,12H2,1-2H3,(H2,23,29)(H,25,28). The van der Waals surface area contributed by atoms with Crippen LogP contribution in [-0.2, 0) is 25.7 Å². The average molecular weight is 453 g/mol. The Morgan fingerprint density at radius 3 is 2.66 bits per heavy atom. The zero-order valence-corrected chi connectivity index (χ0v) is 18.0. The number of hydrogen-bond donors (Lipinski definition) is 3. The monoisotopic (exact) mass is 453 g/mol. The minimum atomic E-state index is -0.932. The van der Waals surface area contributed by atoms with E-state index in [1.807, 2.05) is 0 Å². The van der Waals surface area contributed by atoms with Crippen molar-refractivity contribution in [3.8, 4) is 6.07 Å². The SMILES string of the molecule is CCn1c(=C=C(C#N)C(N)=O)sc(=C=CNc2cccc(NC(=O)COC(C)=O)c2)c1=O. The summed E-state index contributed by atoms with van der Waals surface area (Å²) in [5.41, 5.74) is 10.9.